The Labute approximate surface area is 163 Å². The number of aliphatic hydroxyl groups excluding tert-OH is 1. The topological polar surface area (TPSA) is 83.7 Å². The van der Waals surface area contributed by atoms with Crippen molar-refractivity contribution in [3.63, 3.8) is 0 Å². The minimum atomic E-state index is -1.14. The maximum absolute atomic E-state index is 13.6. The second-order valence-electron chi connectivity index (χ2n) is 6.93. The Morgan fingerprint density at radius 3 is 2.54 bits per heavy atom. The second-order valence-corrected chi connectivity index (χ2v) is 6.93. The van der Waals surface area contributed by atoms with Crippen LogP contribution in [0.3, 0.4) is 0 Å². The molecule has 0 aliphatic carbocycles. The maximum Gasteiger partial charge on any atom is 0.183 e. The molecule has 2 N–H and O–H groups in total. The van der Waals surface area contributed by atoms with Gasteiger partial charge in [0.1, 0.15) is 17.7 Å². The molecule has 0 saturated carbocycles. The van der Waals surface area contributed by atoms with Crippen molar-refractivity contribution >= 4 is 5.69 Å². The predicted octanol–water partition coefficient (Wildman–Crippen LogP) is 2.94. The number of benzene rings is 2. The van der Waals surface area contributed by atoms with Crippen LogP contribution >= 0.6 is 0 Å². The first kappa shape index (κ1) is 20.1. The SMILES string of the molecule is COCC1(COC)Oc2ccc(C#N)cc2[C@@H](Nc2ccc(F)c(C)c2)[C@@H]1O. The molecule has 0 spiro atoms. The summed E-state index contributed by atoms with van der Waals surface area (Å²) >= 11 is 0. The Hall–Kier alpha value is -2.66. The van der Waals surface area contributed by atoms with Gasteiger partial charge in [-0.2, -0.15) is 5.26 Å². The molecule has 0 radical (unpaired) electrons. The van der Waals surface area contributed by atoms with Gasteiger partial charge in [-0.15, -0.1) is 0 Å². The van der Waals surface area contributed by atoms with Gasteiger partial charge in [0.25, 0.3) is 0 Å². The summed E-state index contributed by atoms with van der Waals surface area (Å²) in [7, 11) is 3.04. The van der Waals surface area contributed by atoms with Gasteiger partial charge >= 0.3 is 0 Å². The third kappa shape index (κ3) is 3.67. The van der Waals surface area contributed by atoms with Gasteiger partial charge in [-0.3, -0.25) is 0 Å². The zero-order chi connectivity index (χ0) is 20.3. The predicted molar refractivity (Wildman–Crippen MR) is 102 cm³/mol. The lowest BCUT2D eigenvalue weighted by molar-refractivity contribution is -0.142. The van der Waals surface area contributed by atoms with Crippen molar-refractivity contribution in [2.75, 3.05) is 32.8 Å². The molecule has 0 aromatic heterocycles. The first-order valence-electron chi connectivity index (χ1n) is 8.86. The number of fused-ring (bicyclic) bond motifs is 1. The molecule has 2 atom stereocenters. The van der Waals surface area contributed by atoms with E-state index in [0.717, 1.165) is 0 Å². The van der Waals surface area contributed by atoms with Crippen molar-refractivity contribution < 1.29 is 23.7 Å². The lowest BCUT2D eigenvalue weighted by atomic mass is 9.84. The van der Waals surface area contributed by atoms with Crippen LogP contribution in [0.2, 0.25) is 0 Å². The van der Waals surface area contributed by atoms with E-state index in [1.807, 2.05) is 0 Å². The molecule has 2 aromatic rings. The van der Waals surface area contributed by atoms with E-state index in [9.17, 15) is 14.8 Å². The molecule has 28 heavy (non-hydrogen) atoms. The van der Waals surface area contributed by atoms with Crippen LogP contribution in [0.15, 0.2) is 36.4 Å². The highest BCUT2D eigenvalue weighted by Gasteiger charge is 2.50. The molecule has 1 aliphatic rings. The number of halogens is 1. The number of nitrogens with zero attached hydrogens (tertiary/aromatic N) is 1. The average molecular weight is 386 g/mol. The summed E-state index contributed by atoms with van der Waals surface area (Å²) < 4.78 is 30.4. The van der Waals surface area contributed by atoms with E-state index < -0.39 is 17.7 Å². The molecule has 7 heteroatoms. The molecule has 2 aromatic carbocycles. The number of aryl methyl sites for hydroxylation is 1. The molecule has 6 nitrogen and oxygen atoms in total. The normalized spacial score (nSPS) is 20.0. The van der Waals surface area contributed by atoms with Gasteiger partial charge in [-0.1, -0.05) is 0 Å². The average Bonchev–Trinajstić information content (AvgIpc) is 2.68. The molecule has 0 fully saturated rings. The number of aliphatic hydroxyl groups is 1. The van der Waals surface area contributed by atoms with Crippen LogP contribution < -0.4 is 10.1 Å². The zero-order valence-electron chi connectivity index (χ0n) is 16.0. The number of anilines is 1. The van der Waals surface area contributed by atoms with Gasteiger partial charge in [0.15, 0.2) is 5.60 Å². The Morgan fingerprint density at radius 2 is 1.93 bits per heavy atom. The second kappa shape index (κ2) is 8.15. The fraction of sp³-hybridized carbons (Fsp3) is 0.381. The summed E-state index contributed by atoms with van der Waals surface area (Å²) in [6, 6.07) is 11.1. The monoisotopic (exact) mass is 386 g/mol. The highest BCUT2D eigenvalue weighted by atomic mass is 19.1. The first-order chi connectivity index (χ1) is 13.4. The number of nitrogens with one attached hydrogen (secondary N) is 1. The molecular weight excluding hydrogens is 363 g/mol. The molecule has 0 saturated heterocycles. The van der Waals surface area contributed by atoms with E-state index in [4.69, 9.17) is 14.2 Å². The summed E-state index contributed by atoms with van der Waals surface area (Å²) in [6.45, 7) is 1.87. The highest BCUT2D eigenvalue weighted by Crippen LogP contribution is 2.42. The molecule has 3 rings (SSSR count). The van der Waals surface area contributed by atoms with Gasteiger partial charge in [0.05, 0.1) is 30.9 Å². The molecule has 1 aliphatic heterocycles. The van der Waals surface area contributed by atoms with Crippen molar-refractivity contribution in [1.82, 2.24) is 0 Å². The summed E-state index contributed by atoms with van der Waals surface area (Å²) in [5.74, 6) is 0.216. The quantitative estimate of drug-likeness (QED) is 0.794. The maximum atomic E-state index is 13.6. The van der Waals surface area contributed by atoms with E-state index in [-0.39, 0.29) is 19.0 Å². The van der Waals surface area contributed by atoms with Gasteiger partial charge < -0.3 is 24.6 Å². The number of hydrogen-bond acceptors (Lipinski definition) is 6. The van der Waals surface area contributed by atoms with Crippen molar-refractivity contribution in [2.24, 2.45) is 0 Å². The Morgan fingerprint density at radius 1 is 1.21 bits per heavy atom. The zero-order valence-corrected chi connectivity index (χ0v) is 16.0. The van der Waals surface area contributed by atoms with Gasteiger partial charge in [-0.05, 0) is 48.9 Å². The lowest BCUT2D eigenvalue weighted by Crippen LogP contribution is -2.60. The van der Waals surface area contributed by atoms with Crippen molar-refractivity contribution in [3.05, 3.63) is 58.9 Å². The number of hydrogen-bond donors (Lipinski definition) is 2. The molecule has 0 unspecified atom stereocenters. The fourth-order valence-electron chi connectivity index (χ4n) is 3.54. The van der Waals surface area contributed by atoms with E-state index in [1.54, 1.807) is 37.3 Å². The van der Waals surface area contributed by atoms with Crippen LogP contribution in [0, 0.1) is 24.1 Å². The number of methoxy groups -OCH3 is 2. The number of ether oxygens (including phenoxy) is 3. The minimum absolute atomic E-state index is 0.0993. The highest BCUT2D eigenvalue weighted by molar-refractivity contribution is 5.53. The van der Waals surface area contributed by atoms with Gasteiger partial charge in [0, 0.05) is 25.5 Å². The van der Waals surface area contributed by atoms with Crippen LogP contribution in [0.5, 0.6) is 5.75 Å². The summed E-state index contributed by atoms with van der Waals surface area (Å²) in [5.41, 5.74) is 1.07. The van der Waals surface area contributed by atoms with Crippen molar-refractivity contribution in [3.8, 4) is 11.8 Å². The fourth-order valence-corrected chi connectivity index (χ4v) is 3.54. The molecule has 148 valence electrons. The van der Waals surface area contributed by atoms with Gasteiger partial charge in [-0.25, -0.2) is 4.39 Å². The summed E-state index contributed by atoms with van der Waals surface area (Å²) in [6.07, 6.45) is -1.06. The van der Waals surface area contributed by atoms with Crippen LogP contribution in [0.25, 0.3) is 0 Å². The smallest absolute Gasteiger partial charge is 0.183 e. The van der Waals surface area contributed by atoms with E-state index in [1.165, 1.54) is 20.3 Å². The Bertz CT molecular complexity index is 890. The number of rotatable bonds is 6. The molecular formula is C21H23FN2O4. The Kier molecular flexibility index (Phi) is 5.84. The van der Waals surface area contributed by atoms with Crippen LogP contribution in [-0.4, -0.2) is 44.2 Å². The Balaban J connectivity index is 2.08. The number of nitriles is 1. The standard InChI is InChI=1S/C21H23FN2O4/c1-13-8-15(5-6-17(13)22)24-19-16-9-14(10-23)4-7-18(16)28-21(11-26-2,12-27-3)20(19)25/h4-9,19-20,24-25H,11-12H2,1-3H3/t19-,20+/m1/s1. The molecule has 0 amide bonds. The van der Waals surface area contributed by atoms with Crippen molar-refractivity contribution in [1.29, 1.82) is 5.26 Å². The largest absolute Gasteiger partial charge is 0.479 e. The lowest BCUT2D eigenvalue weighted by Gasteiger charge is -2.45. The van der Waals surface area contributed by atoms with Crippen molar-refractivity contribution in [2.45, 2.75) is 24.7 Å². The van der Waals surface area contributed by atoms with Crippen LogP contribution in [-0.2, 0) is 9.47 Å². The summed E-state index contributed by atoms with van der Waals surface area (Å²) in [5, 5.41) is 23.8. The third-order valence-corrected chi connectivity index (χ3v) is 4.90. The summed E-state index contributed by atoms with van der Waals surface area (Å²) in [4.78, 5) is 0. The van der Waals surface area contributed by atoms with Crippen LogP contribution in [0.1, 0.15) is 22.7 Å². The molecule has 0 bridgehead atoms. The van der Waals surface area contributed by atoms with Gasteiger partial charge in [0.2, 0.25) is 0 Å². The molecule has 1 heterocycles. The third-order valence-electron chi connectivity index (χ3n) is 4.90. The van der Waals surface area contributed by atoms with Crippen LogP contribution in [0.4, 0.5) is 10.1 Å². The first-order valence-corrected chi connectivity index (χ1v) is 8.86. The van der Waals surface area contributed by atoms with E-state index in [2.05, 4.69) is 11.4 Å². The van der Waals surface area contributed by atoms with E-state index in [0.29, 0.717) is 28.1 Å². The van der Waals surface area contributed by atoms with E-state index >= 15 is 0 Å². The minimum Gasteiger partial charge on any atom is -0.479 e.